The topological polar surface area (TPSA) is 50.4 Å². The number of anilines is 2. The Morgan fingerprint density at radius 3 is 2.77 bits per heavy atom. The lowest BCUT2D eigenvalue weighted by Crippen LogP contribution is -2.20. The number of rotatable bonds is 3. The van der Waals surface area contributed by atoms with Gasteiger partial charge in [0.2, 0.25) is 0 Å². The standard InChI is InChI=1S/C20H18N2O2S2/c1-24-19(23)17-14-9-5-11-16(14)26-18(17)22-20(25)21-15-10-4-7-12-6-2-3-8-13(12)15/h2-4,6-8,10H,5,9,11H2,1H3,(H2,21,22,25). The summed E-state index contributed by atoms with van der Waals surface area (Å²) in [6.07, 6.45) is 3.01. The van der Waals surface area contributed by atoms with Crippen LogP contribution in [0.15, 0.2) is 42.5 Å². The van der Waals surface area contributed by atoms with Gasteiger partial charge in [-0.1, -0.05) is 36.4 Å². The number of hydrogen-bond acceptors (Lipinski definition) is 4. The molecule has 0 unspecified atom stereocenters. The van der Waals surface area contributed by atoms with Crippen LogP contribution < -0.4 is 10.6 Å². The number of thiophene rings is 1. The van der Waals surface area contributed by atoms with Gasteiger partial charge < -0.3 is 15.4 Å². The molecule has 6 heteroatoms. The van der Waals surface area contributed by atoms with E-state index in [9.17, 15) is 4.79 Å². The van der Waals surface area contributed by atoms with E-state index < -0.39 is 0 Å². The van der Waals surface area contributed by atoms with Gasteiger partial charge in [0, 0.05) is 16.0 Å². The second-order valence-corrected chi connectivity index (χ2v) is 7.67. The van der Waals surface area contributed by atoms with E-state index in [1.807, 2.05) is 24.3 Å². The van der Waals surface area contributed by atoms with Gasteiger partial charge in [-0.25, -0.2) is 4.79 Å². The maximum Gasteiger partial charge on any atom is 0.341 e. The highest BCUT2D eigenvalue weighted by Crippen LogP contribution is 2.39. The molecule has 0 saturated heterocycles. The molecule has 4 rings (SSSR count). The van der Waals surface area contributed by atoms with E-state index in [1.54, 1.807) is 11.3 Å². The molecule has 1 aliphatic rings. The number of thiocarbonyl (C=S) groups is 1. The number of carbonyl (C=O) groups excluding carboxylic acids is 1. The van der Waals surface area contributed by atoms with Gasteiger partial charge in [-0.2, -0.15) is 0 Å². The molecule has 0 fully saturated rings. The molecule has 0 spiro atoms. The molecule has 1 aliphatic carbocycles. The second kappa shape index (κ2) is 7.05. The third-order valence-electron chi connectivity index (χ3n) is 4.58. The molecule has 0 amide bonds. The van der Waals surface area contributed by atoms with Gasteiger partial charge in [0.05, 0.1) is 12.7 Å². The molecule has 2 N–H and O–H groups in total. The van der Waals surface area contributed by atoms with Gasteiger partial charge in [0.25, 0.3) is 0 Å². The minimum absolute atomic E-state index is 0.306. The molecule has 0 aliphatic heterocycles. The van der Waals surface area contributed by atoms with Gasteiger partial charge >= 0.3 is 5.97 Å². The van der Waals surface area contributed by atoms with Gasteiger partial charge in [-0.15, -0.1) is 11.3 Å². The summed E-state index contributed by atoms with van der Waals surface area (Å²) >= 11 is 7.10. The van der Waals surface area contributed by atoms with Crippen LogP contribution in [0, 0.1) is 0 Å². The molecule has 3 aromatic rings. The van der Waals surface area contributed by atoms with Crippen molar-refractivity contribution in [3.63, 3.8) is 0 Å². The summed E-state index contributed by atoms with van der Waals surface area (Å²) in [6, 6.07) is 14.2. The highest BCUT2D eigenvalue weighted by molar-refractivity contribution is 7.80. The summed E-state index contributed by atoms with van der Waals surface area (Å²) in [5, 5.41) is 9.93. The van der Waals surface area contributed by atoms with E-state index in [2.05, 4.69) is 28.8 Å². The molecule has 0 atom stereocenters. The lowest BCUT2D eigenvalue weighted by molar-refractivity contribution is 0.0601. The normalized spacial score (nSPS) is 12.7. The van der Waals surface area contributed by atoms with Crippen molar-refractivity contribution in [1.82, 2.24) is 0 Å². The van der Waals surface area contributed by atoms with Gasteiger partial charge in [-0.05, 0) is 48.5 Å². The highest BCUT2D eigenvalue weighted by Gasteiger charge is 2.27. The molecule has 1 heterocycles. The average Bonchev–Trinajstić information content (AvgIpc) is 3.22. The number of ether oxygens (including phenoxy) is 1. The predicted molar refractivity (Wildman–Crippen MR) is 111 cm³/mol. The molecule has 1 aromatic heterocycles. The van der Waals surface area contributed by atoms with Crippen molar-refractivity contribution in [2.45, 2.75) is 19.3 Å². The minimum atomic E-state index is -0.306. The third-order valence-corrected chi connectivity index (χ3v) is 5.99. The van der Waals surface area contributed by atoms with E-state index in [-0.39, 0.29) is 5.97 Å². The van der Waals surface area contributed by atoms with Crippen molar-refractivity contribution in [3.8, 4) is 0 Å². The van der Waals surface area contributed by atoms with Crippen LogP contribution in [0.1, 0.15) is 27.2 Å². The number of carbonyl (C=O) groups is 1. The Balaban J connectivity index is 1.60. The summed E-state index contributed by atoms with van der Waals surface area (Å²) in [5.41, 5.74) is 2.67. The Kier molecular flexibility index (Phi) is 4.61. The number of methoxy groups -OCH3 is 1. The fourth-order valence-corrected chi connectivity index (χ4v) is 4.96. The van der Waals surface area contributed by atoms with Crippen LogP contribution in [0.2, 0.25) is 0 Å². The predicted octanol–water partition coefficient (Wildman–Crippen LogP) is 4.99. The summed E-state index contributed by atoms with van der Waals surface area (Å²) in [5.74, 6) is -0.306. The lowest BCUT2D eigenvalue weighted by Gasteiger charge is -2.13. The van der Waals surface area contributed by atoms with Crippen molar-refractivity contribution in [2.24, 2.45) is 0 Å². The van der Waals surface area contributed by atoms with Crippen LogP contribution in [0.4, 0.5) is 10.7 Å². The third kappa shape index (κ3) is 3.06. The van der Waals surface area contributed by atoms with Gasteiger partial charge in [-0.3, -0.25) is 0 Å². The highest BCUT2D eigenvalue weighted by atomic mass is 32.1. The number of hydrogen-bond donors (Lipinski definition) is 2. The molecule has 2 aromatic carbocycles. The Bertz CT molecular complexity index is 1000. The second-order valence-electron chi connectivity index (χ2n) is 6.16. The summed E-state index contributed by atoms with van der Waals surface area (Å²) < 4.78 is 4.98. The smallest absolute Gasteiger partial charge is 0.341 e. The Morgan fingerprint density at radius 1 is 1.12 bits per heavy atom. The Labute approximate surface area is 161 Å². The molecule has 0 bridgehead atoms. The van der Waals surface area contributed by atoms with Crippen LogP contribution in [-0.4, -0.2) is 18.2 Å². The monoisotopic (exact) mass is 382 g/mol. The van der Waals surface area contributed by atoms with E-state index in [0.717, 1.165) is 46.3 Å². The lowest BCUT2D eigenvalue weighted by atomic mass is 10.1. The zero-order chi connectivity index (χ0) is 18.1. The number of fused-ring (bicyclic) bond motifs is 2. The SMILES string of the molecule is COC(=O)c1c(NC(=S)Nc2cccc3ccccc23)sc2c1CCC2. The van der Waals surface area contributed by atoms with Gasteiger partial charge in [0.15, 0.2) is 5.11 Å². The minimum Gasteiger partial charge on any atom is -0.465 e. The van der Waals surface area contributed by atoms with Crippen LogP contribution >= 0.6 is 23.6 Å². The fourth-order valence-electron chi connectivity index (χ4n) is 3.40. The van der Waals surface area contributed by atoms with Crippen LogP contribution in [0.5, 0.6) is 0 Å². The fraction of sp³-hybridized carbons (Fsp3) is 0.200. The van der Waals surface area contributed by atoms with E-state index in [4.69, 9.17) is 17.0 Å². The molecule has 132 valence electrons. The summed E-state index contributed by atoms with van der Waals surface area (Å²) in [6.45, 7) is 0. The molecular weight excluding hydrogens is 364 g/mol. The van der Waals surface area contributed by atoms with Crippen LogP contribution in [-0.2, 0) is 17.6 Å². The molecular formula is C20H18N2O2S2. The number of aryl methyl sites for hydroxylation is 1. The Hall–Kier alpha value is -2.44. The van der Waals surface area contributed by atoms with Gasteiger partial charge in [0.1, 0.15) is 5.00 Å². The first-order valence-electron chi connectivity index (χ1n) is 8.46. The first kappa shape index (κ1) is 17.0. The van der Waals surface area contributed by atoms with E-state index in [1.165, 1.54) is 12.0 Å². The van der Waals surface area contributed by atoms with E-state index >= 15 is 0 Å². The first-order valence-corrected chi connectivity index (χ1v) is 9.68. The number of benzene rings is 2. The van der Waals surface area contributed by atoms with Crippen molar-refractivity contribution < 1.29 is 9.53 Å². The van der Waals surface area contributed by atoms with Crippen molar-refractivity contribution >= 4 is 56.1 Å². The number of nitrogens with one attached hydrogen (secondary N) is 2. The maximum absolute atomic E-state index is 12.3. The number of esters is 1. The summed E-state index contributed by atoms with van der Waals surface area (Å²) in [7, 11) is 1.41. The van der Waals surface area contributed by atoms with Crippen LogP contribution in [0.3, 0.4) is 0 Å². The zero-order valence-electron chi connectivity index (χ0n) is 14.3. The Morgan fingerprint density at radius 2 is 1.92 bits per heavy atom. The van der Waals surface area contributed by atoms with Crippen molar-refractivity contribution in [2.75, 3.05) is 17.7 Å². The van der Waals surface area contributed by atoms with Crippen molar-refractivity contribution in [3.05, 3.63) is 58.5 Å². The molecule has 0 radical (unpaired) electrons. The van der Waals surface area contributed by atoms with Crippen LogP contribution in [0.25, 0.3) is 10.8 Å². The molecule has 26 heavy (non-hydrogen) atoms. The molecule has 0 saturated carbocycles. The van der Waals surface area contributed by atoms with E-state index in [0.29, 0.717) is 10.7 Å². The quantitative estimate of drug-likeness (QED) is 0.494. The maximum atomic E-state index is 12.3. The van der Waals surface area contributed by atoms with Crippen molar-refractivity contribution in [1.29, 1.82) is 0 Å². The average molecular weight is 383 g/mol. The summed E-state index contributed by atoms with van der Waals surface area (Å²) in [4.78, 5) is 13.5. The largest absolute Gasteiger partial charge is 0.465 e. The zero-order valence-corrected chi connectivity index (χ0v) is 15.9. The first-order chi connectivity index (χ1) is 12.7. The molecule has 4 nitrogen and oxygen atoms in total.